The minimum atomic E-state index is -1.94. The number of hydrogen-bond donors (Lipinski definition) is 2. The lowest BCUT2D eigenvalue weighted by Gasteiger charge is -2.25. The Labute approximate surface area is 88.4 Å². The summed E-state index contributed by atoms with van der Waals surface area (Å²) in [4.78, 5) is 0. The molecule has 0 fully saturated rings. The highest BCUT2D eigenvalue weighted by atomic mass is 16.5. The molecule has 4 nitrogen and oxygen atoms in total. The second kappa shape index (κ2) is 4.30. The molecule has 0 spiro atoms. The van der Waals surface area contributed by atoms with Gasteiger partial charge in [0.1, 0.15) is 11.8 Å². The van der Waals surface area contributed by atoms with Crippen LogP contribution in [0.25, 0.3) is 0 Å². The normalized spacial score (nSPS) is 16.2. The van der Waals surface area contributed by atoms with E-state index in [0.29, 0.717) is 5.75 Å². The van der Waals surface area contributed by atoms with E-state index in [1.807, 2.05) is 0 Å². The van der Waals surface area contributed by atoms with Crippen LogP contribution in [0.5, 0.6) is 5.75 Å². The molecule has 2 atom stereocenters. The predicted octanol–water partition coefficient (Wildman–Crippen LogP) is 0.787. The van der Waals surface area contributed by atoms with Gasteiger partial charge in [-0.25, -0.2) is 0 Å². The summed E-state index contributed by atoms with van der Waals surface area (Å²) in [6, 6.07) is 8.26. The number of hydrogen-bond acceptors (Lipinski definition) is 4. The molecule has 0 aliphatic rings. The zero-order valence-electron chi connectivity index (χ0n) is 8.64. The summed E-state index contributed by atoms with van der Waals surface area (Å²) in [6.45, 7) is 1.36. The first-order chi connectivity index (χ1) is 7.06. The second-order valence-electron chi connectivity index (χ2n) is 3.25. The van der Waals surface area contributed by atoms with Gasteiger partial charge in [0, 0.05) is 5.56 Å². The smallest absolute Gasteiger partial charge is 0.206 e. The van der Waals surface area contributed by atoms with E-state index in [-0.39, 0.29) is 5.56 Å². The van der Waals surface area contributed by atoms with Crippen molar-refractivity contribution < 1.29 is 14.9 Å². The molecular formula is C11H13NO3. The van der Waals surface area contributed by atoms with Gasteiger partial charge in [-0.3, -0.25) is 0 Å². The van der Waals surface area contributed by atoms with Crippen LogP contribution in [0.1, 0.15) is 12.5 Å². The number of benzene rings is 1. The summed E-state index contributed by atoms with van der Waals surface area (Å²) in [6.07, 6.45) is -1.20. The molecule has 1 aromatic rings. The van der Waals surface area contributed by atoms with Crippen molar-refractivity contribution in [2.75, 3.05) is 7.11 Å². The van der Waals surface area contributed by atoms with Gasteiger partial charge in [0.2, 0.25) is 5.60 Å². The van der Waals surface area contributed by atoms with Crippen molar-refractivity contribution in [1.82, 2.24) is 0 Å². The number of para-hydroxylation sites is 1. The number of nitrogens with zero attached hydrogens (tertiary/aromatic N) is 1. The molecule has 0 unspecified atom stereocenters. The van der Waals surface area contributed by atoms with Crippen LogP contribution in [0.3, 0.4) is 0 Å². The van der Waals surface area contributed by atoms with Gasteiger partial charge in [-0.15, -0.1) is 0 Å². The summed E-state index contributed by atoms with van der Waals surface area (Å²) in [7, 11) is 1.44. The van der Waals surface area contributed by atoms with Gasteiger partial charge in [0.05, 0.1) is 13.2 Å². The van der Waals surface area contributed by atoms with Crippen LogP contribution in [-0.2, 0) is 5.60 Å². The number of methoxy groups -OCH3 is 1. The molecule has 80 valence electrons. The Morgan fingerprint density at radius 3 is 2.53 bits per heavy atom. The highest BCUT2D eigenvalue weighted by Gasteiger charge is 2.37. The molecule has 0 radical (unpaired) electrons. The molecule has 0 aromatic heterocycles. The SMILES string of the molecule is COc1ccccc1[C@@](O)(C#N)[C@H](C)O. The lowest BCUT2D eigenvalue weighted by Crippen LogP contribution is -2.36. The van der Waals surface area contributed by atoms with Crippen LogP contribution in [0.4, 0.5) is 0 Å². The van der Waals surface area contributed by atoms with Gasteiger partial charge in [0.15, 0.2) is 0 Å². The molecule has 2 N–H and O–H groups in total. The minimum Gasteiger partial charge on any atom is -0.496 e. The molecular weight excluding hydrogens is 194 g/mol. The number of rotatable bonds is 3. The van der Waals surface area contributed by atoms with E-state index in [0.717, 1.165) is 0 Å². The molecule has 0 bridgehead atoms. The zero-order chi connectivity index (χ0) is 11.5. The van der Waals surface area contributed by atoms with Gasteiger partial charge in [-0.1, -0.05) is 18.2 Å². The van der Waals surface area contributed by atoms with Crippen molar-refractivity contribution in [3.8, 4) is 11.8 Å². The van der Waals surface area contributed by atoms with Crippen molar-refractivity contribution in [2.45, 2.75) is 18.6 Å². The quantitative estimate of drug-likeness (QED) is 0.718. The maximum absolute atomic E-state index is 9.99. The number of nitriles is 1. The topological polar surface area (TPSA) is 73.5 Å². The lowest BCUT2D eigenvalue weighted by atomic mass is 9.90. The van der Waals surface area contributed by atoms with Crippen molar-refractivity contribution in [3.05, 3.63) is 29.8 Å². The molecule has 1 rings (SSSR count). The second-order valence-corrected chi connectivity index (χ2v) is 3.25. The Kier molecular flexibility index (Phi) is 3.30. The first-order valence-electron chi connectivity index (χ1n) is 4.51. The van der Waals surface area contributed by atoms with Crippen molar-refractivity contribution in [2.24, 2.45) is 0 Å². The van der Waals surface area contributed by atoms with E-state index in [1.165, 1.54) is 14.0 Å². The predicted molar refractivity (Wildman–Crippen MR) is 54.2 cm³/mol. The maximum atomic E-state index is 9.99. The van der Waals surface area contributed by atoms with E-state index in [1.54, 1.807) is 30.3 Å². The standard InChI is InChI=1S/C11H13NO3/c1-8(13)11(14,7-12)9-5-3-4-6-10(9)15-2/h3-6,8,13-14H,1-2H3/t8-,11+/m0/s1. The minimum absolute atomic E-state index is 0.269. The van der Waals surface area contributed by atoms with Crippen LogP contribution in [0.2, 0.25) is 0 Å². The molecule has 0 saturated carbocycles. The Morgan fingerprint density at radius 1 is 1.47 bits per heavy atom. The number of aliphatic hydroxyl groups is 2. The lowest BCUT2D eigenvalue weighted by molar-refractivity contribution is -0.0286. The van der Waals surface area contributed by atoms with Crippen molar-refractivity contribution in [3.63, 3.8) is 0 Å². The molecule has 0 aliphatic carbocycles. The van der Waals surface area contributed by atoms with E-state index in [4.69, 9.17) is 10.00 Å². The molecule has 1 aromatic carbocycles. The summed E-state index contributed by atoms with van der Waals surface area (Å²) < 4.78 is 5.02. The molecule has 0 aliphatic heterocycles. The van der Waals surface area contributed by atoms with Crippen LogP contribution in [0.15, 0.2) is 24.3 Å². The maximum Gasteiger partial charge on any atom is 0.206 e. The van der Waals surface area contributed by atoms with Crippen molar-refractivity contribution in [1.29, 1.82) is 5.26 Å². The average Bonchev–Trinajstić information content (AvgIpc) is 2.27. The fourth-order valence-corrected chi connectivity index (χ4v) is 1.34. The Bertz CT molecular complexity index is 384. The summed E-state index contributed by atoms with van der Waals surface area (Å²) >= 11 is 0. The third-order valence-electron chi connectivity index (χ3n) is 2.29. The first kappa shape index (κ1) is 11.5. The average molecular weight is 207 g/mol. The van der Waals surface area contributed by atoms with Gasteiger partial charge >= 0.3 is 0 Å². The number of aliphatic hydroxyl groups excluding tert-OH is 1. The number of ether oxygens (including phenoxy) is 1. The van der Waals surface area contributed by atoms with Crippen LogP contribution in [0, 0.1) is 11.3 Å². The van der Waals surface area contributed by atoms with E-state index < -0.39 is 11.7 Å². The Hall–Kier alpha value is -1.57. The summed E-state index contributed by atoms with van der Waals surface area (Å²) in [5, 5.41) is 28.3. The van der Waals surface area contributed by atoms with Crippen LogP contribution >= 0.6 is 0 Å². The Morgan fingerprint density at radius 2 is 2.07 bits per heavy atom. The molecule has 15 heavy (non-hydrogen) atoms. The van der Waals surface area contributed by atoms with Crippen molar-refractivity contribution >= 4 is 0 Å². The van der Waals surface area contributed by atoms with Crippen LogP contribution < -0.4 is 4.74 Å². The zero-order valence-corrected chi connectivity index (χ0v) is 8.64. The molecule has 0 amide bonds. The van der Waals surface area contributed by atoms with E-state index in [2.05, 4.69) is 0 Å². The monoisotopic (exact) mass is 207 g/mol. The van der Waals surface area contributed by atoms with Gasteiger partial charge in [-0.05, 0) is 13.0 Å². The highest BCUT2D eigenvalue weighted by Crippen LogP contribution is 2.31. The first-order valence-corrected chi connectivity index (χ1v) is 4.51. The van der Waals surface area contributed by atoms with E-state index in [9.17, 15) is 10.2 Å². The Balaban J connectivity index is 3.31. The van der Waals surface area contributed by atoms with Gasteiger partial charge in [0.25, 0.3) is 0 Å². The van der Waals surface area contributed by atoms with Gasteiger partial charge < -0.3 is 14.9 Å². The summed E-state index contributed by atoms with van der Waals surface area (Å²) in [5.41, 5.74) is -1.67. The third kappa shape index (κ3) is 1.94. The fourth-order valence-electron chi connectivity index (χ4n) is 1.34. The molecule has 4 heteroatoms. The van der Waals surface area contributed by atoms with Gasteiger partial charge in [-0.2, -0.15) is 5.26 Å². The van der Waals surface area contributed by atoms with Crippen LogP contribution in [-0.4, -0.2) is 23.4 Å². The van der Waals surface area contributed by atoms with E-state index >= 15 is 0 Å². The third-order valence-corrected chi connectivity index (χ3v) is 2.29. The molecule has 0 saturated heterocycles. The molecule has 0 heterocycles. The largest absolute Gasteiger partial charge is 0.496 e. The highest BCUT2D eigenvalue weighted by molar-refractivity contribution is 5.42. The summed E-state index contributed by atoms with van der Waals surface area (Å²) in [5.74, 6) is 0.377. The fraction of sp³-hybridized carbons (Fsp3) is 0.364.